The highest BCUT2D eigenvalue weighted by atomic mass is 16.8. The van der Waals surface area contributed by atoms with Crippen molar-refractivity contribution in [1.82, 2.24) is 10.6 Å². The first kappa shape index (κ1) is 45.4. The first-order valence-electron chi connectivity index (χ1n) is 19.8. The number of carbonyl (C=O) groups excluding carboxylic acids is 1. The lowest BCUT2D eigenvalue weighted by Gasteiger charge is -2.47. The van der Waals surface area contributed by atoms with Crippen LogP contribution < -0.4 is 21.3 Å². The van der Waals surface area contributed by atoms with Gasteiger partial charge in [0.2, 0.25) is 12.1 Å². The van der Waals surface area contributed by atoms with Crippen LogP contribution in [0.25, 0.3) is 0 Å². The second-order valence-electron chi connectivity index (χ2n) is 15.5. The molecule has 0 aromatic heterocycles. The van der Waals surface area contributed by atoms with Crippen LogP contribution in [0.4, 0.5) is 0 Å². The van der Waals surface area contributed by atoms with Crippen LogP contribution in [-0.4, -0.2) is 150 Å². The van der Waals surface area contributed by atoms with E-state index < -0.39 is 67.1 Å². The molecule has 9 unspecified atom stereocenters. The predicted octanol–water partition coefficient (Wildman–Crippen LogP) is -2.40. The maximum Gasteiger partial charge on any atom is 0.343 e. The van der Waals surface area contributed by atoms with E-state index in [2.05, 4.69) is 22.2 Å². The quantitative estimate of drug-likeness (QED) is 0.0172. The Morgan fingerprint density at radius 2 is 1.91 bits per heavy atom. The van der Waals surface area contributed by atoms with Gasteiger partial charge >= 0.3 is 11.9 Å². The van der Waals surface area contributed by atoms with Gasteiger partial charge in [0.05, 0.1) is 43.4 Å². The minimum absolute atomic E-state index is 0.0889. The summed E-state index contributed by atoms with van der Waals surface area (Å²) in [6, 6.07) is 0. The number of carboxylic acid groups (broad SMARTS) is 1. The number of hydrogen-bond acceptors (Lipinski definition) is 15. The van der Waals surface area contributed by atoms with Crippen molar-refractivity contribution < 1.29 is 73.9 Å². The van der Waals surface area contributed by atoms with Gasteiger partial charge in [0.1, 0.15) is 43.2 Å². The number of esters is 1. The zero-order valence-electron chi connectivity index (χ0n) is 32.8. The lowest BCUT2D eigenvalue weighted by Crippen LogP contribution is -3.09. The first-order chi connectivity index (χ1) is 27.8. The van der Waals surface area contributed by atoms with E-state index in [-0.39, 0.29) is 73.9 Å². The highest BCUT2D eigenvalue weighted by Gasteiger charge is 2.57. The SMILES string of the molecule is C=CC1C(OC2OC(CO)C(O)C(O)(O)C2OCNC)OC=C(C(=O)OC2CCC3(CCCC3)C2)C1C=CC1=C(NC(N)=NCCCO)C(C(=O)O)=C[NH+](CCO)C1. The Hall–Kier alpha value is -3.73. The predicted molar refractivity (Wildman–Crippen MR) is 205 cm³/mol. The van der Waals surface area contributed by atoms with Crippen molar-refractivity contribution in [3.8, 4) is 0 Å². The molecule has 19 heteroatoms. The number of rotatable bonds is 18. The molecule has 0 aromatic rings. The van der Waals surface area contributed by atoms with Crippen LogP contribution in [0.15, 0.2) is 64.7 Å². The number of aliphatic imine (C=N–C) groups is 1. The van der Waals surface area contributed by atoms with Gasteiger partial charge in [-0.15, -0.1) is 6.58 Å². The fourth-order valence-corrected chi connectivity index (χ4v) is 8.50. The summed E-state index contributed by atoms with van der Waals surface area (Å²) in [5.41, 5.74) is 6.84. The molecule has 3 aliphatic heterocycles. The average molecular weight is 823 g/mol. The van der Waals surface area contributed by atoms with Crippen molar-refractivity contribution in [2.75, 3.05) is 53.2 Å². The Labute approximate surface area is 337 Å². The standard InChI is InChI=1S/C39H59N5O14/c1-3-25-26(8-7-23-18-44(14-16-46)19-27(33(49)50)30(23)43-37(40)42-13-6-15-45)28(34(51)56-24-9-12-38(17-24)10-4-5-11-38)21-54-35(25)58-36-32(55-22-41-2)39(52,53)31(48)29(20-47)57-36/h3,7-8,19,21,24-26,29,31-32,35-36,41,45-48,52-53H,1,4-6,9-18,20,22H2,2H3,(H,49,50)(H3,40,42,43)/p+1. The molecule has 58 heavy (non-hydrogen) atoms. The zero-order chi connectivity index (χ0) is 42.0. The minimum atomic E-state index is -2.94. The molecular weight excluding hydrogens is 762 g/mol. The Kier molecular flexibility index (Phi) is 16.0. The summed E-state index contributed by atoms with van der Waals surface area (Å²) in [7, 11) is 1.54. The third-order valence-electron chi connectivity index (χ3n) is 11.5. The van der Waals surface area contributed by atoms with E-state index in [1.54, 1.807) is 19.2 Å². The number of nitrogens with one attached hydrogen (secondary N) is 3. The summed E-state index contributed by atoms with van der Waals surface area (Å²) in [5, 5.41) is 77.2. The molecule has 19 nitrogen and oxygen atoms in total. The average Bonchev–Trinajstić information content (AvgIpc) is 3.83. The highest BCUT2D eigenvalue weighted by molar-refractivity contribution is 5.94. The zero-order valence-corrected chi connectivity index (χ0v) is 32.8. The maximum atomic E-state index is 14.1. The molecule has 324 valence electrons. The molecule has 1 saturated heterocycles. The van der Waals surface area contributed by atoms with Gasteiger partial charge in [-0.05, 0) is 51.0 Å². The topological polar surface area (TPSA) is 289 Å². The summed E-state index contributed by atoms with van der Waals surface area (Å²) in [6.07, 6.45) is 6.25. The van der Waals surface area contributed by atoms with Crippen molar-refractivity contribution >= 4 is 17.9 Å². The van der Waals surface area contributed by atoms with Crippen LogP contribution in [0.2, 0.25) is 0 Å². The molecule has 9 atom stereocenters. The third-order valence-corrected chi connectivity index (χ3v) is 11.5. The number of allylic oxidation sites excluding steroid dienone is 1. The largest absolute Gasteiger partial charge is 0.477 e. The number of guanidine groups is 1. The van der Waals surface area contributed by atoms with Gasteiger partial charge < -0.3 is 75.4 Å². The number of nitrogens with zero attached hydrogens (tertiary/aromatic N) is 1. The van der Waals surface area contributed by atoms with Gasteiger partial charge in [-0.3, -0.25) is 10.3 Å². The van der Waals surface area contributed by atoms with Crippen LogP contribution in [0, 0.1) is 17.3 Å². The molecule has 0 radical (unpaired) electrons. The Balaban J connectivity index is 1.52. The van der Waals surface area contributed by atoms with Gasteiger partial charge in [-0.1, -0.05) is 31.1 Å². The van der Waals surface area contributed by atoms with Crippen LogP contribution in [0.1, 0.15) is 51.4 Å². The molecule has 3 fully saturated rings. The molecule has 5 rings (SSSR count). The molecule has 0 bridgehead atoms. The van der Waals surface area contributed by atoms with Crippen molar-refractivity contribution in [1.29, 1.82) is 0 Å². The Bertz CT molecular complexity index is 1610. The van der Waals surface area contributed by atoms with Crippen molar-refractivity contribution in [3.05, 3.63) is 59.7 Å². The molecule has 2 aliphatic carbocycles. The van der Waals surface area contributed by atoms with E-state index in [1.165, 1.54) is 18.5 Å². The second-order valence-corrected chi connectivity index (χ2v) is 15.5. The molecule has 0 amide bonds. The number of hydrogen-bond donors (Lipinski definition) is 11. The Morgan fingerprint density at radius 1 is 1.16 bits per heavy atom. The van der Waals surface area contributed by atoms with Crippen molar-refractivity contribution in [3.63, 3.8) is 0 Å². The Morgan fingerprint density at radius 3 is 2.57 bits per heavy atom. The molecular formula is C39H60N5O14+. The lowest BCUT2D eigenvalue weighted by atomic mass is 9.83. The van der Waals surface area contributed by atoms with Crippen molar-refractivity contribution in [2.45, 2.75) is 94.1 Å². The highest BCUT2D eigenvalue weighted by Crippen LogP contribution is 2.51. The van der Waals surface area contributed by atoms with E-state index >= 15 is 0 Å². The summed E-state index contributed by atoms with van der Waals surface area (Å²) in [5.74, 6) is -6.74. The van der Waals surface area contributed by atoms with Crippen LogP contribution in [0.3, 0.4) is 0 Å². The molecule has 12 N–H and O–H groups in total. The number of nitrogens with two attached hydrogens (primary N) is 1. The number of quaternary nitrogens is 1. The third kappa shape index (κ3) is 10.5. The van der Waals surface area contributed by atoms with E-state index in [9.17, 15) is 45.3 Å². The summed E-state index contributed by atoms with van der Waals surface area (Å²) in [6.45, 7) is 3.19. The number of carbonyl (C=O) groups is 2. The lowest BCUT2D eigenvalue weighted by molar-refractivity contribution is -0.843. The number of aliphatic carboxylic acids is 1. The van der Waals surface area contributed by atoms with Crippen LogP contribution in [-0.2, 0) is 33.3 Å². The molecule has 1 spiro atoms. The van der Waals surface area contributed by atoms with E-state index in [0.29, 0.717) is 16.9 Å². The fraction of sp³-hybridized carbons (Fsp3) is 0.667. The van der Waals surface area contributed by atoms with Gasteiger partial charge in [-0.25, -0.2) is 9.59 Å². The van der Waals surface area contributed by atoms with E-state index in [0.717, 1.165) is 44.9 Å². The second kappa shape index (κ2) is 20.5. The van der Waals surface area contributed by atoms with Gasteiger partial charge in [0.25, 0.3) is 0 Å². The fourth-order valence-electron chi connectivity index (χ4n) is 8.50. The first-order valence-corrected chi connectivity index (χ1v) is 19.8. The molecule has 3 heterocycles. The summed E-state index contributed by atoms with van der Waals surface area (Å²) >= 11 is 0. The molecule has 2 saturated carbocycles. The number of ether oxygens (including phenoxy) is 5. The van der Waals surface area contributed by atoms with Gasteiger partial charge in [0, 0.05) is 24.6 Å². The van der Waals surface area contributed by atoms with Crippen LogP contribution >= 0.6 is 0 Å². The van der Waals surface area contributed by atoms with Gasteiger partial charge in [0.15, 0.2) is 18.4 Å². The van der Waals surface area contributed by atoms with Crippen LogP contribution in [0.5, 0.6) is 0 Å². The molecule has 5 aliphatic rings. The van der Waals surface area contributed by atoms with E-state index in [1.807, 2.05) is 0 Å². The monoisotopic (exact) mass is 822 g/mol. The molecule has 0 aromatic carbocycles. The number of carboxylic acids is 1. The normalized spacial score (nSPS) is 32.2. The van der Waals surface area contributed by atoms with Crippen molar-refractivity contribution in [2.24, 2.45) is 28.0 Å². The number of aliphatic hydroxyl groups is 6. The minimum Gasteiger partial charge on any atom is -0.477 e. The summed E-state index contributed by atoms with van der Waals surface area (Å²) in [4.78, 5) is 31.5. The smallest absolute Gasteiger partial charge is 0.343 e. The van der Waals surface area contributed by atoms with E-state index in [4.69, 9.17) is 29.4 Å². The summed E-state index contributed by atoms with van der Waals surface area (Å²) < 4.78 is 29.7. The maximum absolute atomic E-state index is 14.1. The number of aliphatic hydroxyl groups excluding tert-OH is 4. The van der Waals surface area contributed by atoms with Gasteiger partial charge in [-0.2, -0.15) is 0 Å².